The minimum atomic E-state index is -0.280. The first-order valence-electron chi connectivity index (χ1n) is 7.24. The fourth-order valence-corrected chi connectivity index (χ4v) is 2.52. The first-order valence-corrected chi connectivity index (χ1v) is 7.24. The number of nitrogens with zero attached hydrogens (tertiary/aromatic N) is 2. The normalized spacial score (nSPS) is 19.4. The van der Waals surface area contributed by atoms with Crippen LogP contribution in [0.15, 0.2) is 43.0 Å². The lowest BCUT2D eigenvalue weighted by Gasteiger charge is -2.17. The first-order chi connectivity index (χ1) is 10.2. The lowest BCUT2D eigenvalue weighted by molar-refractivity contribution is -0.130. The van der Waals surface area contributed by atoms with Crippen LogP contribution in [0.2, 0.25) is 0 Å². The van der Waals surface area contributed by atoms with Gasteiger partial charge in [-0.15, -0.1) is 0 Å². The maximum absolute atomic E-state index is 12.0. The van der Waals surface area contributed by atoms with E-state index in [-0.39, 0.29) is 18.1 Å². The van der Waals surface area contributed by atoms with E-state index in [2.05, 4.69) is 10.3 Å². The molecule has 0 saturated carbocycles. The molecule has 5 heteroatoms. The summed E-state index contributed by atoms with van der Waals surface area (Å²) >= 11 is 0. The third-order valence-corrected chi connectivity index (χ3v) is 3.78. The maximum Gasteiger partial charge on any atom is 0.249 e. The van der Waals surface area contributed by atoms with Crippen molar-refractivity contribution in [3.63, 3.8) is 0 Å². The molecule has 1 aliphatic rings. The summed E-state index contributed by atoms with van der Waals surface area (Å²) in [5.41, 5.74) is 2.12. The Bertz CT molecular complexity index is 586. The quantitative estimate of drug-likeness (QED) is 0.937. The van der Waals surface area contributed by atoms with Crippen molar-refractivity contribution in [2.24, 2.45) is 0 Å². The molecule has 0 unspecified atom stereocenters. The van der Waals surface area contributed by atoms with Crippen molar-refractivity contribution in [1.29, 1.82) is 0 Å². The molecule has 1 saturated heterocycles. The third kappa shape index (κ3) is 3.13. The molecule has 1 fully saturated rings. The van der Waals surface area contributed by atoms with Crippen LogP contribution in [-0.4, -0.2) is 28.2 Å². The zero-order valence-electron chi connectivity index (χ0n) is 12.0. The van der Waals surface area contributed by atoms with Gasteiger partial charge in [0, 0.05) is 24.7 Å². The van der Waals surface area contributed by atoms with Crippen molar-refractivity contribution in [3.8, 4) is 5.69 Å². The highest BCUT2D eigenvalue weighted by molar-refractivity contribution is 5.81. The van der Waals surface area contributed by atoms with Crippen LogP contribution in [0, 0.1) is 0 Å². The molecule has 21 heavy (non-hydrogen) atoms. The number of carbonyl (C=O) groups is 1. The van der Waals surface area contributed by atoms with Gasteiger partial charge in [-0.1, -0.05) is 12.1 Å². The van der Waals surface area contributed by atoms with E-state index in [1.165, 1.54) is 0 Å². The number of nitrogens with one attached hydrogen (secondary N) is 1. The molecule has 1 aromatic heterocycles. The average Bonchev–Trinajstić information content (AvgIpc) is 3.20. The standard InChI is InChI=1S/C16H19N3O2/c1-12(18-16(20)15-3-2-10-21-15)13-4-6-14(7-5-13)19-9-8-17-11-19/h4-9,11-12,15H,2-3,10H2,1H3,(H,18,20)/t12-,15+/m0/s1. The smallest absolute Gasteiger partial charge is 0.249 e. The Morgan fingerprint density at radius 2 is 2.24 bits per heavy atom. The van der Waals surface area contributed by atoms with Gasteiger partial charge < -0.3 is 14.6 Å². The van der Waals surface area contributed by atoms with Crippen molar-refractivity contribution in [2.75, 3.05) is 6.61 Å². The van der Waals surface area contributed by atoms with Crippen molar-refractivity contribution < 1.29 is 9.53 Å². The van der Waals surface area contributed by atoms with Gasteiger partial charge in [-0.25, -0.2) is 4.98 Å². The number of hydrogen-bond acceptors (Lipinski definition) is 3. The highest BCUT2D eigenvalue weighted by Crippen LogP contribution is 2.18. The summed E-state index contributed by atoms with van der Waals surface area (Å²) in [4.78, 5) is 16.1. The van der Waals surface area contributed by atoms with E-state index in [9.17, 15) is 4.79 Å². The zero-order valence-corrected chi connectivity index (χ0v) is 12.0. The van der Waals surface area contributed by atoms with Crippen LogP contribution in [0.5, 0.6) is 0 Å². The van der Waals surface area contributed by atoms with E-state index < -0.39 is 0 Å². The predicted molar refractivity (Wildman–Crippen MR) is 79.1 cm³/mol. The molecule has 0 bridgehead atoms. The van der Waals surface area contributed by atoms with Gasteiger partial charge in [0.1, 0.15) is 6.10 Å². The minimum absolute atomic E-state index is 0.0151. The monoisotopic (exact) mass is 285 g/mol. The van der Waals surface area contributed by atoms with Crippen LogP contribution in [0.25, 0.3) is 5.69 Å². The zero-order chi connectivity index (χ0) is 14.7. The van der Waals surface area contributed by atoms with Gasteiger partial charge in [-0.2, -0.15) is 0 Å². The number of ether oxygens (including phenoxy) is 1. The van der Waals surface area contributed by atoms with E-state index in [1.807, 2.05) is 42.0 Å². The van der Waals surface area contributed by atoms with E-state index in [4.69, 9.17) is 4.74 Å². The van der Waals surface area contributed by atoms with Gasteiger partial charge in [0.2, 0.25) is 5.91 Å². The molecule has 5 nitrogen and oxygen atoms in total. The summed E-state index contributed by atoms with van der Waals surface area (Å²) in [6, 6.07) is 8.06. The molecule has 1 aromatic carbocycles. The van der Waals surface area contributed by atoms with Gasteiger partial charge in [0.15, 0.2) is 0 Å². The van der Waals surface area contributed by atoms with Crippen LogP contribution >= 0.6 is 0 Å². The van der Waals surface area contributed by atoms with Crippen LogP contribution in [0.3, 0.4) is 0 Å². The highest BCUT2D eigenvalue weighted by atomic mass is 16.5. The number of amides is 1. The Hall–Kier alpha value is -2.14. The number of hydrogen-bond donors (Lipinski definition) is 1. The molecule has 2 atom stereocenters. The Morgan fingerprint density at radius 3 is 2.86 bits per heavy atom. The second kappa shape index (κ2) is 6.10. The molecule has 0 radical (unpaired) electrons. The Kier molecular flexibility index (Phi) is 4.01. The molecule has 110 valence electrons. The fourth-order valence-electron chi connectivity index (χ4n) is 2.52. The summed E-state index contributed by atoms with van der Waals surface area (Å²) in [6.07, 6.45) is 6.91. The second-order valence-electron chi connectivity index (χ2n) is 5.29. The molecule has 2 aromatic rings. The number of imidazole rings is 1. The largest absolute Gasteiger partial charge is 0.368 e. The summed E-state index contributed by atoms with van der Waals surface area (Å²) in [6.45, 7) is 2.67. The molecule has 3 rings (SSSR count). The van der Waals surface area contributed by atoms with Crippen LogP contribution < -0.4 is 5.32 Å². The van der Waals surface area contributed by atoms with Gasteiger partial charge >= 0.3 is 0 Å². The molecule has 1 N–H and O–H groups in total. The molecule has 0 spiro atoms. The van der Waals surface area contributed by atoms with Crippen molar-refractivity contribution in [1.82, 2.24) is 14.9 Å². The molecule has 0 aliphatic carbocycles. The predicted octanol–water partition coefficient (Wildman–Crippen LogP) is 2.23. The van der Waals surface area contributed by atoms with Gasteiger partial charge in [0.25, 0.3) is 0 Å². The van der Waals surface area contributed by atoms with Gasteiger partial charge in [-0.3, -0.25) is 4.79 Å². The summed E-state index contributed by atoms with van der Waals surface area (Å²) in [5, 5.41) is 3.01. The Labute approximate surface area is 124 Å². The summed E-state index contributed by atoms with van der Waals surface area (Å²) in [5.74, 6) is -0.0151. The second-order valence-corrected chi connectivity index (χ2v) is 5.29. The molecular formula is C16H19N3O2. The SMILES string of the molecule is C[C@H](NC(=O)[C@H]1CCCO1)c1ccc(-n2ccnc2)cc1. The van der Waals surface area contributed by atoms with Crippen LogP contribution in [0.4, 0.5) is 0 Å². The van der Waals surface area contributed by atoms with E-state index in [1.54, 1.807) is 12.5 Å². The lowest BCUT2D eigenvalue weighted by Crippen LogP contribution is -2.35. The molecular weight excluding hydrogens is 266 g/mol. The first kappa shape index (κ1) is 13.8. The third-order valence-electron chi connectivity index (χ3n) is 3.78. The van der Waals surface area contributed by atoms with Gasteiger partial charge in [0.05, 0.1) is 12.4 Å². The molecule has 1 aliphatic heterocycles. The number of rotatable bonds is 4. The number of aromatic nitrogens is 2. The average molecular weight is 285 g/mol. The van der Waals surface area contributed by atoms with Crippen LogP contribution in [0.1, 0.15) is 31.4 Å². The lowest BCUT2D eigenvalue weighted by atomic mass is 10.1. The summed E-state index contributed by atoms with van der Waals surface area (Å²) in [7, 11) is 0. The van der Waals surface area contributed by atoms with Gasteiger partial charge in [-0.05, 0) is 37.5 Å². The van der Waals surface area contributed by atoms with E-state index in [0.717, 1.165) is 24.1 Å². The highest BCUT2D eigenvalue weighted by Gasteiger charge is 2.24. The van der Waals surface area contributed by atoms with Crippen molar-refractivity contribution in [2.45, 2.75) is 31.9 Å². The summed E-state index contributed by atoms with van der Waals surface area (Å²) < 4.78 is 7.34. The topological polar surface area (TPSA) is 56.1 Å². The van der Waals surface area contributed by atoms with E-state index >= 15 is 0 Å². The molecule has 2 heterocycles. The van der Waals surface area contributed by atoms with Crippen LogP contribution in [-0.2, 0) is 9.53 Å². The Morgan fingerprint density at radius 1 is 1.43 bits per heavy atom. The minimum Gasteiger partial charge on any atom is -0.368 e. The van der Waals surface area contributed by atoms with Crippen molar-refractivity contribution >= 4 is 5.91 Å². The number of carbonyl (C=O) groups excluding carboxylic acids is 1. The van der Waals surface area contributed by atoms with E-state index in [0.29, 0.717) is 6.61 Å². The fraction of sp³-hybridized carbons (Fsp3) is 0.375. The molecule has 1 amide bonds. The Balaban J connectivity index is 1.64. The van der Waals surface area contributed by atoms with Crippen molar-refractivity contribution in [3.05, 3.63) is 48.5 Å². The number of benzene rings is 1. The maximum atomic E-state index is 12.0.